The van der Waals surface area contributed by atoms with Gasteiger partial charge in [0.2, 0.25) is 0 Å². The van der Waals surface area contributed by atoms with Crippen LogP contribution >= 0.6 is 37.7 Å². The van der Waals surface area contributed by atoms with Gasteiger partial charge in [0.25, 0.3) is 0 Å². The van der Waals surface area contributed by atoms with E-state index in [9.17, 15) is 9.67 Å². The van der Waals surface area contributed by atoms with Gasteiger partial charge in [-0.2, -0.15) is 0 Å². The number of rotatable bonds is 9. The molecule has 0 aromatic carbocycles. The van der Waals surface area contributed by atoms with Crippen molar-refractivity contribution < 1.29 is 18.7 Å². The van der Waals surface area contributed by atoms with Crippen LogP contribution in [0, 0.1) is 0 Å². The highest BCUT2D eigenvalue weighted by atomic mass is 79.9. The van der Waals surface area contributed by atoms with Crippen LogP contribution in [0.2, 0.25) is 0 Å². The van der Waals surface area contributed by atoms with E-state index in [2.05, 4.69) is 31.4 Å². The van der Waals surface area contributed by atoms with Gasteiger partial charge in [0.15, 0.2) is 0 Å². The van der Waals surface area contributed by atoms with Crippen LogP contribution in [0.4, 0.5) is 0 Å². The molecule has 15 heavy (non-hydrogen) atoms. The molecule has 1 unspecified atom stereocenters. The van der Waals surface area contributed by atoms with Gasteiger partial charge in [-0.1, -0.05) is 29.3 Å². The van der Waals surface area contributed by atoms with Crippen molar-refractivity contribution in [3.05, 3.63) is 0 Å². The maximum atomic E-state index is 11.5. The summed E-state index contributed by atoms with van der Waals surface area (Å²) in [5.74, 6) is 0. The lowest BCUT2D eigenvalue weighted by atomic mass is 10.2. The van der Waals surface area contributed by atoms with E-state index in [0.29, 0.717) is 18.4 Å². The molecule has 0 aliphatic rings. The maximum Gasteiger partial charge on any atom is 0.396 e. The van der Waals surface area contributed by atoms with E-state index in [0.717, 1.165) is 12.8 Å². The van der Waals surface area contributed by atoms with Crippen molar-refractivity contribution in [2.45, 2.75) is 32.3 Å². The summed E-state index contributed by atoms with van der Waals surface area (Å²) in [4.78, 5) is 0. The van der Waals surface area contributed by atoms with Crippen molar-refractivity contribution in [3.8, 4) is 0 Å². The summed E-state index contributed by atoms with van der Waals surface area (Å²) >= 11 is 6.03. The molecule has 0 heterocycles. The fourth-order valence-corrected chi connectivity index (χ4v) is 2.94. The molecular formula is C8H17Br2O4P. The zero-order valence-corrected chi connectivity index (χ0v) is 12.8. The number of alkyl halides is 1. The quantitative estimate of drug-likeness (QED) is 0.500. The van der Waals surface area contributed by atoms with Gasteiger partial charge in [-0.05, 0) is 12.8 Å². The number of aliphatic hydroxyl groups is 1. The van der Waals surface area contributed by atoms with Crippen LogP contribution in [-0.4, -0.2) is 29.8 Å². The number of hydrogen-bond donors (Lipinski definition) is 1. The van der Waals surface area contributed by atoms with E-state index >= 15 is 0 Å². The normalized spacial score (nSPS) is 17.3. The summed E-state index contributed by atoms with van der Waals surface area (Å²) in [6.45, 7) is 2.55. The molecule has 0 aromatic heterocycles. The lowest BCUT2D eigenvalue weighted by Gasteiger charge is -2.13. The van der Waals surface area contributed by atoms with Crippen molar-refractivity contribution in [2.75, 3.05) is 18.5 Å². The topological polar surface area (TPSA) is 55.8 Å². The Morgan fingerprint density at radius 1 is 1.33 bits per heavy atom. The molecule has 0 saturated carbocycles. The molecule has 7 heteroatoms. The Morgan fingerprint density at radius 2 is 1.93 bits per heavy atom. The second-order valence-corrected chi connectivity index (χ2v) is 7.79. The van der Waals surface area contributed by atoms with E-state index in [1.165, 1.54) is 0 Å². The van der Waals surface area contributed by atoms with E-state index in [1.54, 1.807) is 0 Å². The Hall–Kier alpha value is 1.07. The van der Waals surface area contributed by atoms with Crippen LogP contribution in [0.1, 0.15) is 26.2 Å². The predicted octanol–water partition coefficient (Wildman–Crippen LogP) is 3.47. The third-order valence-corrected chi connectivity index (χ3v) is 4.18. The van der Waals surface area contributed by atoms with E-state index in [4.69, 9.17) is 9.05 Å². The maximum absolute atomic E-state index is 11.5. The molecular weight excluding hydrogens is 351 g/mol. The summed E-state index contributed by atoms with van der Waals surface area (Å²) < 4.78 is 21.4. The van der Waals surface area contributed by atoms with Crippen LogP contribution in [-0.2, 0) is 13.6 Å². The average molecular weight is 368 g/mol. The van der Waals surface area contributed by atoms with Crippen LogP contribution in [0.15, 0.2) is 0 Å². The first-order valence-corrected chi connectivity index (χ1v) is 9.53. The highest BCUT2D eigenvalue weighted by molar-refractivity contribution is 9.39. The molecule has 0 aromatic rings. The lowest BCUT2D eigenvalue weighted by Crippen LogP contribution is -2.09. The van der Waals surface area contributed by atoms with E-state index in [1.807, 2.05) is 6.92 Å². The van der Waals surface area contributed by atoms with Crippen LogP contribution in [0.25, 0.3) is 0 Å². The van der Waals surface area contributed by atoms with Gasteiger partial charge in [-0.3, -0.25) is 4.52 Å². The molecule has 0 amide bonds. The molecule has 0 rings (SSSR count). The molecule has 0 aliphatic carbocycles. The van der Waals surface area contributed by atoms with Crippen LogP contribution < -0.4 is 0 Å². The first-order chi connectivity index (χ1) is 7.02. The second-order valence-electron chi connectivity index (χ2n) is 3.02. The third kappa shape index (κ3) is 9.97. The molecule has 0 fully saturated rings. The van der Waals surface area contributed by atoms with Crippen LogP contribution in [0.3, 0.4) is 0 Å². The van der Waals surface area contributed by atoms with Crippen LogP contribution in [0.5, 0.6) is 0 Å². The number of halogens is 2. The standard InChI is InChI=1S/C8H17Br2O4P/c1-2-3-8(11)4-6-13-15(10,12)14-7-5-9/h8,11H,2-7H2,1H3/t8-,15?/m1/s1. The predicted molar refractivity (Wildman–Crippen MR) is 67.8 cm³/mol. The minimum absolute atomic E-state index is 0.228. The van der Waals surface area contributed by atoms with Crippen molar-refractivity contribution >= 4 is 37.7 Å². The molecule has 0 bridgehead atoms. The van der Waals surface area contributed by atoms with E-state index in [-0.39, 0.29) is 6.61 Å². The zero-order valence-electron chi connectivity index (χ0n) is 8.70. The van der Waals surface area contributed by atoms with E-state index < -0.39 is 12.4 Å². The fourth-order valence-electron chi connectivity index (χ4n) is 0.956. The largest absolute Gasteiger partial charge is 0.396 e. The third-order valence-electron chi connectivity index (χ3n) is 1.64. The smallest absolute Gasteiger partial charge is 0.393 e. The minimum atomic E-state index is -3.11. The fraction of sp³-hybridized carbons (Fsp3) is 1.00. The Kier molecular flexibility index (Phi) is 9.79. The zero-order chi connectivity index (χ0) is 11.7. The molecule has 0 radical (unpaired) electrons. The van der Waals surface area contributed by atoms with Crippen molar-refractivity contribution in [1.82, 2.24) is 0 Å². The van der Waals surface area contributed by atoms with Gasteiger partial charge in [0, 0.05) is 20.8 Å². The Morgan fingerprint density at radius 3 is 2.47 bits per heavy atom. The highest BCUT2D eigenvalue weighted by Crippen LogP contribution is 2.56. The molecule has 4 nitrogen and oxygen atoms in total. The summed E-state index contributed by atoms with van der Waals surface area (Å²) in [6, 6.07) is 0. The van der Waals surface area contributed by atoms with Gasteiger partial charge in [0.1, 0.15) is 0 Å². The van der Waals surface area contributed by atoms with Crippen molar-refractivity contribution in [3.63, 3.8) is 0 Å². The van der Waals surface area contributed by atoms with Gasteiger partial charge >= 0.3 is 6.30 Å². The van der Waals surface area contributed by atoms with Gasteiger partial charge in [-0.15, -0.1) is 0 Å². The second kappa shape index (κ2) is 9.14. The average Bonchev–Trinajstić information content (AvgIpc) is 2.15. The highest BCUT2D eigenvalue weighted by Gasteiger charge is 2.19. The summed E-state index contributed by atoms with van der Waals surface area (Å²) in [5.41, 5.74) is 0. The molecule has 2 atom stereocenters. The summed E-state index contributed by atoms with van der Waals surface area (Å²) in [5, 5.41) is 9.99. The lowest BCUT2D eigenvalue weighted by molar-refractivity contribution is 0.125. The Balaban J connectivity index is 3.60. The monoisotopic (exact) mass is 366 g/mol. The SMILES string of the molecule is CCC[C@@H](O)CCOP(=O)(Br)OCCBr. The van der Waals surface area contributed by atoms with Gasteiger partial charge in [0.05, 0.1) is 19.3 Å². The number of aliphatic hydroxyl groups excluding tert-OH is 1. The molecule has 1 N–H and O–H groups in total. The Bertz CT molecular complexity index is 203. The summed E-state index contributed by atoms with van der Waals surface area (Å²) in [7, 11) is 0. The Labute approximate surface area is 107 Å². The molecule has 0 spiro atoms. The first kappa shape index (κ1) is 16.1. The van der Waals surface area contributed by atoms with Crippen molar-refractivity contribution in [1.29, 1.82) is 0 Å². The summed E-state index contributed by atoms with van der Waals surface area (Å²) in [6.07, 6.45) is -1.37. The van der Waals surface area contributed by atoms with Gasteiger partial charge in [-0.25, -0.2) is 4.57 Å². The minimum Gasteiger partial charge on any atom is -0.393 e. The van der Waals surface area contributed by atoms with Gasteiger partial charge < -0.3 is 9.63 Å². The first-order valence-electron chi connectivity index (χ1n) is 4.84. The molecule has 0 saturated heterocycles. The van der Waals surface area contributed by atoms with Crippen molar-refractivity contribution in [2.24, 2.45) is 0 Å². The molecule has 0 aliphatic heterocycles. The molecule has 92 valence electrons. The number of hydrogen-bond acceptors (Lipinski definition) is 4.